The highest BCUT2D eigenvalue weighted by atomic mass is 32.2. The molecule has 1 aromatic rings. The molecule has 108 valence electrons. The van der Waals surface area contributed by atoms with Crippen LogP contribution in [-0.4, -0.2) is 35.0 Å². The molecule has 0 spiro atoms. The number of rotatable bonds is 5. The number of aromatic nitrogens is 2. The monoisotopic (exact) mass is 295 g/mol. The van der Waals surface area contributed by atoms with Gasteiger partial charge in [-0.3, -0.25) is 0 Å². The van der Waals surface area contributed by atoms with Gasteiger partial charge in [-0.05, 0) is 20.1 Å². The van der Waals surface area contributed by atoms with Gasteiger partial charge in [0.2, 0.25) is 0 Å². The van der Waals surface area contributed by atoms with Gasteiger partial charge in [-0.2, -0.15) is 13.2 Å². The minimum Gasteiger partial charge on any atom is -0.345 e. The number of thioether (sulfide) groups is 1. The minimum atomic E-state index is -4.30. The summed E-state index contributed by atoms with van der Waals surface area (Å²) >= 11 is 1.23. The second-order valence-electron chi connectivity index (χ2n) is 4.08. The van der Waals surface area contributed by atoms with Gasteiger partial charge in [-0.25, -0.2) is 15.8 Å². The number of nitrogens with zero attached hydrogens (tertiary/aromatic N) is 3. The van der Waals surface area contributed by atoms with Crippen molar-refractivity contribution in [3.05, 3.63) is 6.07 Å². The van der Waals surface area contributed by atoms with E-state index in [1.807, 2.05) is 0 Å². The topological polar surface area (TPSA) is 67.1 Å². The summed E-state index contributed by atoms with van der Waals surface area (Å²) in [7, 11) is 0. The maximum Gasteiger partial charge on any atom is 0.405 e. The van der Waals surface area contributed by atoms with Crippen molar-refractivity contribution in [2.75, 3.05) is 23.1 Å². The summed E-state index contributed by atoms with van der Waals surface area (Å²) in [6.07, 6.45) is -2.56. The van der Waals surface area contributed by atoms with Gasteiger partial charge in [0.25, 0.3) is 0 Å². The molecule has 9 heteroatoms. The molecule has 19 heavy (non-hydrogen) atoms. The first kappa shape index (κ1) is 15.8. The molecule has 0 saturated carbocycles. The number of anilines is 2. The molecule has 1 aromatic heterocycles. The molecule has 5 nitrogen and oxygen atoms in total. The number of hydrogen-bond donors (Lipinski definition) is 2. The zero-order chi connectivity index (χ0) is 14.6. The van der Waals surface area contributed by atoms with Crippen molar-refractivity contribution in [3.8, 4) is 0 Å². The lowest BCUT2D eigenvalue weighted by molar-refractivity contribution is -0.120. The molecule has 0 aliphatic rings. The zero-order valence-corrected chi connectivity index (χ0v) is 11.6. The lowest BCUT2D eigenvalue weighted by atomic mass is 10.3. The predicted octanol–water partition coefficient (Wildman–Crippen LogP) is 2.26. The van der Waals surface area contributed by atoms with Crippen LogP contribution in [0.5, 0.6) is 0 Å². The van der Waals surface area contributed by atoms with Crippen LogP contribution in [0.15, 0.2) is 11.2 Å². The Bertz CT molecular complexity index is 402. The quantitative estimate of drug-likeness (QED) is 0.376. The first-order valence-corrected chi connectivity index (χ1v) is 6.72. The van der Waals surface area contributed by atoms with Gasteiger partial charge >= 0.3 is 6.18 Å². The second-order valence-corrected chi connectivity index (χ2v) is 4.85. The van der Waals surface area contributed by atoms with Crippen molar-refractivity contribution in [1.82, 2.24) is 9.97 Å². The largest absolute Gasteiger partial charge is 0.405 e. The van der Waals surface area contributed by atoms with E-state index in [0.717, 1.165) is 4.90 Å². The highest BCUT2D eigenvalue weighted by Gasteiger charge is 2.32. The maximum absolute atomic E-state index is 12.6. The van der Waals surface area contributed by atoms with Gasteiger partial charge in [-0.1, -0.05) is 11.8 Å². The van der Waals surface area contributed by atoms with E-state index in [4.69, 9.17) is 5.84 Å². The molecule has 0 atom stereocenters. The number of nitrogens with one attached hydrogen (secondary N) is 1. The fraction of sp³-hybridized carbons (Fsp3) is 0.600. The molecule has 3 N–H and O–H groups in total. The van der Waals surface area contributed by atoms with Gasteiger partial charge in [0, 0.05) is 12.1 Å². The van der Waals surface area contributed by atoms with Gasteiger partial charge in [0.15, 0.2) is 5.16 Å². The fourth-order valence-corrected chi connectivity index (χ4v) is 1.82. The Morgan fingerprint density at radius 3 is 2.47 bits per heavy atom. The molecule has 0 radical (unpaired) electrons. The summed E-state index contributed by atoms with van der Waals surface area (Å²) in [6, 6.07) is 1.04. The Morgan fingerprint density at radius 2 is 2.05 bits per heavy atom. The van der Waals surface area contributed by atoms with Crippen LogP contribution in [0.3, 0.4) is 0 Å². The summed E-state index contributed by atoms with van der Waals surface area (Å²) in [5.41, 5.74) is 2.33. The lowest BCUT2D eigenvalue weighted by Crippen LogP contribution is -2.39. The van der Waals surface area contributed by atoms with Crippen LogP contribution in [0.1, 0.15) is 13.8 Å². The SMILES string of the molecule is CSc1nc(NN)cc(N(CC(F)(F)F)C(C)C)n1. The highest BCUT2D eigenvalue weighted by Crippen LogP contribution is 2.25. The van der Waals surface area contributed by atoms with E-state index in [-0.39, 0.29) is 17.7 Å². The summed E-state index contributed by atoms with van der Waals surface area (Å²) in [5, 5.41) is 0.360. The average molecular weight is 295 g/mol. The van der Waals surface area contributed by atoms with E-state index >= 15 is 0 Å². The first-order valence-electron chi connectivity index (χ1n) is 5.50. The van der Waals surface area contributed by atoms with Crippen LogP contribution < -0.4 is 16.2 Å². The molecular formula is C10H16F3N5S. The van der Waals surface area contributed by atoms with E-state index < -0.39 is 12.7 Å². The van der Waals surface area contributed by atoms with Crippen molar-refractivity contribution in [1.29, 1.82) is 0 Å². The number of halogens is 3. The molecule has 0 fully saturated rings. The van der Waals surface area contributed by atoms with Gasteiger partial charge in [0.1, 0.15) is 18.2 Å². The van der Waals surface area contributed by atoms with Gasteiger partial charge in [0.05, 0.1) is 0 Å². The molecule has 0 aromatic carbocycles. The summed E-state index contributed by atoms with van der Waals surface area (Å²) in [4.78, 5) is 9.26. The smallest absolute Gasteiger partial charge is 0.345 e. The molecule has 0 aliphatic carbocycles. The molecule has 1 heterocycles. The number of nitrogen functional groups attached to an aromatic ring is 1. The molecular weight excluding hydrogens is 279 g/mol. The van der Waals surface area contributed by atoms with Crippen molar-refractivity contribution in [2.45, 2.75) is 31.2 Å². The minimum absolute atomic E-state index is 0.194. The lowest BCUT2D eigenvalue weighted by Gasteiger charge is -2.29. The predicted molar refractivity (Wildman–Crippen MR) is 70.2 cm³/mol. The summed E-state index contributed by atoms with van der Waals surface area (Å²) < 4.78 is 37.8. The van der Waals surface area contributed by atoms with Crippen LogP contribution in [0.25, 0.3) is 0 Å². The van der Waals surface area contributed by atoms with E-state index in [0.29, 0.717) is 5.16 Å². The molecule has 0 saturated heterocycles. The van der Waals surface area contributed by atoms with Crippen LogP contribution in [-0.2, 0) is 0 Å². The van der Waals surface area contributed by atoms with E-state index in [2.05, 4.69) is 15.4 Å². The Labute approximate surface area is 113 Å². The van der Waals surface area contributed by atoms with Crippen LogP contribution >= 0.6 is 11.8 Å². The van der Waals surface area contributed by atoms with Crippen molar-refractivity contribution < 1.29 is 13.2 Å². The van der Waals surface area contributed by atoms with E-state index in [1.54, 1.807) is 20.1 Å². The maximum atomic E-state index is 12.6. The third-order valence-electron chi connectivity index (χ3n) is 2.29. The molecule has 0 bridgehead atoms. The molecule has 0 aliphatic heterocycles. The van der Waals surface area contributed by atoms with Crippen molar-refractivity contribution in [3.63, 3.8) is 0 Å². The zero-order valence-electron chi connectivity index (χ0n) is 10.8. The Kier molecular flexibility index (Phi) is 5.24. The first-order chi connectivity index (χ1) is 8.76. The van der Waals surface area contributed by atoms with Gasteiger partial charge < -0.3 is 10.3 Å². The molecule has 0 amide bonds. The Balaban J connectivity index is 3.14. The summed E-state index contributed by atoms with van der Waals surface area (Å²) in [6.45, 7) is 2.27. The standard InChI is InChI=1S/C10H16F3N5S/c1-6(2)18(5-10(11,12)13)8-4-7(17-14)15-9(16-8)19-3/h4,6H,5,14H2,1-3H3,(H,15,16,17). The number of nitrogens with two attached hydrogens (primary N) is 1. The highest BCUT2D eigenvalue weighted by molar-refractivity contribution is 7.98. The number of alkyl halides is 3. The third kappa shape index (κ3) is 4.75. The number of hydrogen-bond acceptors (Lipinski definition) is 6. The van der Waals surface area contributed by atoms with Crippen LogP contribution in [0, 0.1) is 0 Å². The van der Waals surface area contributed by atoms with Crippen LogP contribution in [0.4, 0.5) is 24.8 Å². The molecule has 0 unspecified atom stereocenters. The van der Waals surface area contributed by atoms with E-state index in [1.165, 1.54) is 17.8 Å². The Morgan fingerprint density at radius 1 is 1.42 bits per heavy atom. The van der Waals surface area contributed by atoms with Crippen LogP contribution in [0.2, 0.25) is 0 Å². The number of hydrazine groups is 1. The average Bonchev–Trinajstić information content (AvgIpc) is 2.33. The van der Waals surface area contributed by atoms with Gasteiger partial charge in [-0.15, -0.1) is 0 Å². The molecule has 1 rings (SSSR count). The third-order valence-corrected chi connectivity index (χ3v) is 2.84. The summed E-state index contributed by atoms with van der Waals surface area (Å²) in [5.74, 6) is 5.73. The normalized spacial score (nSPS) is 11.8. The Hall–Kier alpha value is -1.22. The van der Waals surface area contributed by atoms with E-state index in [9.17, 15) is 13.2 Å². The second kappa shape index (κ2) is 6.29. The fourth-order valence-electron chi connectivity index (χ4n) is 1.45. The van der Waals surface area contributed by atoms with Crippen molar-refractivity contribution in [2.24, 2.45) is 5.84 Å². The van der Waals surface area contributed by atoms with Crippen molar-refractivity contribution >= 4 is 23.4 Å².